The first-order valence-corrected chi connectivity index (χ1v) is 5.03. The molecule has 94 valence electrons. The van der Waals surface area contributed by atoms with Crippen LogP contribution in [-0.2, 0) is 11.2 Å². The Morgan fingerprint density at radius 2 is 1.89 bits per heavy atom. The number of halogens is 3. The molecule has 0 amide bonds. The van der Waals surface area contributed by atoms with Crippen molar-refractivity contribution in [3.05, 3.63) is 42.2 Å². The van der Waals surface area contributed by atoms with E-state index < -0.39 is 18.4 Å². The van der Waals surface area contributed by atoms with Crippen molar-refractivity contribution in [3.8, 4) is 5.69 Å². The summed E-state index contributed by atoms with van der Waals surface area (Å²) in [6, 6.07) is 8.78. The van der Waals surface area contributed by atoms with Gasteiger partial charge in [0.25, 0.3) is 0 Å². The van der Waals surface area contributed by atoms with Gasteiger partial charge in [-0.3, -0.25) is 4.79 Å². The van der Waals surface area contributed by atoms with E-state index in [2.05, 4.69) is 10.3 Å². The predicted octanol–water partition coefficient (Wildman–Crippen LogP) is 1.94. The van der Waals surface area contributed by atoms with Crippen LogP contribution in [0.3, 0.4) is 0 Å². The lowest BCUT2D eigenvalue weighted by atomic mass is 10.2. The van der Waals surface area contributed by atoms with Gasteiger partial charge in [0.2, 0.25) is 5.78 Å². The number of carbonyl (C=O) groups is 1. The number of rotatable bonds is 3. The van der Waals surface area contributed by atoms with Crippen molar-refractivity contribution in [2.24, 2.45) is 0 Å². The maximum absolute atomic E-state index is 12.1. The summed E-state index contributed by atoms with van der Waals surface area (Å²) >= 11 is 0. The lowest BCUT2D eigenvalue weighted by Gasteiger charge is -2.01. The van der Waals surface area contributed by atoms with Gasteiger partial charge in [0.15, 0.2) is 0 Å². The highest BCUT2D eigenvalue weighted by Gasteiger charge is 2.38. The van der Waals surface area contributed by atoms with E-state index in [-0.39, 0.29) is 5.69 Å². The number of hydrogen-bond donors (Lipinski definition) is 0. The van der Waals surface area contributed by atoms with Crippen LogP contribution in [-0.4, -0.2) is 27.0 Å². The topological polar surface area (TPSA) is 47.8 Å². The average molecular weight is 255 g/mol. The summed E-state index contributed by atoms with van der Waals surface area (Å²) in [5.74, 6) is -1.83. The minimum absolute atomic E-state index is 0.0128. The number of ketones is 1. The van der Waals surface area contributed by atoms with Crippen LogP contribution in [0.1, 0.15) is 5.69 Å². The molecule has 0 N–H and O–H groups in total. The largest absolute Gasteiger partial charge is 0.450 e. The first-order valence-electron chi connectivity index (χ1n) is 5.03. The van der Waals surface area contributed by atoms with Crippen LogP contribution in [0.25, 0.3) is 5.69 Å². The summed E-state index contributed by atoms with van der Waals surface area (Å²) in [6.45, 7) is 0. The molecule has 0 fully saturated rings. The molecule has 0 bridgehead atoms. The van der Waals surface area contributed by atoms with Crippen LogP contribution >= 0.6 is 0 Å². The number of carbonyl (C=O) groups excluding carboxylic acids is 1. The SMILES string of the molecule is O=C(Cc1cn(-c2ccccc2)nn1)C(F)(F)F. The lowest BCUT2D eigenvalue weighted by Crippen LogP contribution is -2.24. The number of aromatic nitrogens is 3. The molecule has 0 atom stereocenters. The second-order valence-electron chi connectivity index (χ2n) is 3.59. The Labute approximate surface area is 100 Å². The number of nitrogens with zero attached hydrogens (tertiary/aromatic N) is 3. The molecular weight excluding hydrogens is 247 g/mol. The van der Waals surface area contributed by atoms with Gasteiger partial charge in [-0.15, -0.1) is 5.10 Å². The Morgan fingerprint density at radius 1 is 1.22 bits per heavy atom. The maximum Gasteiger partial charge on any atom is 0.450 e. The standard InChI is InChI=1S/C11H8F3N3O/c12-11(13,14)10(18)6-8-7-17(16-15-8)9-4-2-1-3-5-9/h1-5,7H,6H2. The zero-order valence-corrected chi connectivity index (χ0v) is 9.05. The molecule has 2 rings (SSSR count). The highest BCUT2D eigenvalue weighted by molar-refractivity contribution is 5.85. The highest BCUT2D eigenvalue weighted by Crippen LogP contribution is 2.18. The van der Waals surface area contributed by atoms with Gasteiger partial charge in [0.1, 0.15) is 0 Å². The van der Waals surface area contributed by atoms with Crippen molar-refractivity contribution < 1.29 is 18.0 Å². The first kappa shape index (κ1) is 12.3. The van der Waals surface area contributed by atoms with E-state index in [1.54, 1.807) is 30.3 Å². The maximum atomic E-state index is 12.1. The van der Waals surface area contributed by atoms with Gasteiger partial charge in [-0.25, -0.2) is 4.68 Å². The summed E-state index contributed by atoms with van der Waals surface area (Å²) in [6.07, 6.45) is -4.33. The van der Waals surface area contributed by atoms with Crippen molar-refractivity contribution in [3.63, 3.8) is 0 Å². The second-order valence-corrected chi connectivity index (χ2v) is 3.59. The summed E-state index contributed by atoms with van der Waals surface area (Å²) in [5, 5.41) is 7.21. The van der Waals surface area contributed by atoms with Gasteiger partial charge in [-0.1, -0.05) is 23.4 Å². The molecule has 1 aromatic heterocycles. The Bertz CT molecular complexity index is 548. The molecule has 18 heavy (non-hydrogen) atoms. The van der Waals surface area contributed by atoms with E-state index in [1.165, 1.54) is 10.9 Å². The quantitative estimate of drug-likeness (QED) is 0.842. The van der Waals surface area contributed by atoms with Gasteiger partial charge in [0.05, 0.1) is 24.0 Å². The van der Waals surface area contributed by atoms with Crippen LogP contribution in [0.2, 0.25) is 0 Å². The lowest BCUT2D eigenvalue weighted by molar-refractivity contribution is -0.170. The third-order valence-electron chi connectivity index (χ3n) is 2.22. The molecule has 2 aromatic rings. The molecular formula is C11H8F3N3O. The van der Waals surface area contributed by atoms with E-state index in [0.717, 1.165) is 0 Å². The molecule has 0 saturated heterocycles. The minimum Gasteiger partial charge on any atom is -0.289 e. The van der Waals surface area contributed by atoms with Crippen LogP contribution in [0.15, 0.2) is 36.5 Å². The zero-order valence-electron chi connectivity index (χ0n) is 9.05. The van der Waals surface area contributed by atoms with Crippen LogP contribution in [0.5, 0.6) is 0 Å². The second kappa shape index (κ2) is 4.59. The van der Waals surface area contributed by atoms with Gasteiger partial charge in [-0.2, -0.15) is 13.2 Å². The molecule has 1 heterocycles. The number of para-hydroxylation sites is 1. The molecule has 0 radical (unpaired) electrons. The molecule has 0 saturated carbocycles. The summed E-state index contributed by atoms with van der Waals surface area (Å²) in [7, 11) is 0. The average Bonchev–Trinajstić information content (AvgIpc) is 2.77. The molecule has 1 aromatic carbocycles. The van der Waals surface area contributed by atoms with E-state index >= 15 is 0 Å². The van der Waals surface area contributed by atoms with E-state index in [9.17, 15) is 18.0 Å². The third-order valence-corrected chi connectivity index (χ3v) is 2.22. The Hall–Kier alpha value is -2.18. The fourth-order valence-corrected chi connectivity index (χ4v) is 1.35. The predicted molar refractivity (Wildman–Crippen MR) is 56.1 cm³/mol. The van der Waals surface area contributed by atoms with Crippen molar-refractivity contribution >= 4 is 5.78 Å². The smallest absolute Gasteiger partial charge is 0.289 e. The molecule has 0 spiro atoms. The highest BCUT2D eigenvalue weighted by atomic mass is 19.4. The summed E-state index contributed by atoms with van der Waals surface area (Å²) in [5.41, 5.74) is 0.650. The van der Waals surface area contributed by atoms with Crippen LogP contribution in [0.4, 0.5) is 13.2 Å². The number of Topliss-reactive ketones (excluding diaryl/α,β-unsaturated/α-hetero) is 1. The van der Waals surface area contributed by atoms with Gasteiger partial charge >= 0.3 is 6.18 Å². The molecule has 0 unspecified atom stereocenters. The Balaban J connectivity index is 2.15. The Morgan fingerprint density at radius 3 is 2.50 bits per heavy atom. The zero-order chi connectivity index (χ0) is 13.2. The molecule has 0 aliphatic heterocycles. The molecule has 0 aliphatic carbocycles. The van der Waals surface area contributed by atoms with Crippen molar-refractivity contribution in [2.75, 3.05) is 0 Å². The van der Waals surface area contributed by atoms with E-state index in [0.29, 0.717) is 5.69 Å². The van der Waals surface area contributed by atoms with Gasteiger partial charge in [0, 0.05) is 0 Å². The number of benzene rings is 1. The van der Waals surface area contributed by atoms with Crippen molar-refractivity contribution in [1.29, 1.82) is 0 Å². The van der Waals surface area contributed by atoms with Crippen LogP contribution in [0, 0.1) is 0 Å². The fourth-order valence-electron chi connectivity index (χ4n) is 1.35. The molecule has 0 aliphatic rings. The number of alkyl halides is 3. The van der Waals surface area contributed by atoms with Gasteiger partial charge in [-0.05, 0) is 12.1 Å². The van der Waals surface area contributed by atoms with E-state index in [4.69, 9.17) is 0 Å². The monoisotopic (exact) mass is 255 g/mol. The van der Waals surface area contributed by atoms with Crippen molar-refractivity contribution in [2.45, 2.75) is 12.6 Å². The number of hydrogen-bond acceptors (Lipinski definition) is 3. The minimum atomic E-state index is -4.84. The summed E-state index contributed by atoms with van der Waals surface area (Å²) < 4.78 is 37.5. The Kier molecular flexibility index (Phi) is 3.14. The van der Waals surface area contributed by atoms with Gasteiger partial charge < -0.3 is 0 Å². The molecule has 7 heteroatoms. The van der Waals surface area contributed by atoms with E-state index in [1.807, 2.05) is 0 Å². The third kappa shape index (κ3) is 2.73. The fraction of sp³-hybridized carbons (Fsp3) is 0.182. The summed E-state index contributed by atoms with van der Waals surface area (Å²) in [4.78, 5) is 10.8. The molecule has 4 nitrogen and oxygen atoms in total. The van der Waals surface area contributed by atoms with Crippen LogP contribution < -0.4 is 0 Å². The normalized spacial score (nSPS) is 11.5. The van der Waals surface area contributed by atoms with Crippen molar-refractivity contribution in [1.82, 2.24) is 15.0 Å². The first-order chi connectivity index (χ1) is 8.47.